The van der Waals surface area contributed by atoms with Crippen LogP contribution in [0.15, 0.2) is 36.8 Å². The van der Waals surface area contributed by atoms with E-state index in [0.717, 1.165) is 12.8 Å². The SMILES string of the molecule is COC(=O)C(Nc1ccccc1F)c1cncn1C1CC1. The molecule has 1 aliphatic carbocycles. The van der Waals surface area contributed by atoms with Crippen molar-refractivity contribution in [2.45, 2.75) is 24.9 Å². The molecule has 1 aromatic carbocycles. The van der Waals surface area contributed by atoms with Gasteiger partial charge in [0.15, 0.2) is 6.04 Å². The van der Waals surface area contributed by atoms with Crippen molar-refractivity contribution >= 4 is 11.7 Å². The molecule has 0 amide bonds. The van der Waals surface area contributed by atoms with Crippen LogP contribution in [0.2, 0.25) is 0 Å². The fourth-order valence-corrected chi connectivity index (χ4v) is 2.30. The zero-order valence-electron chi connectivity index (χ0n) is 11.6. The summed E-state index contributed by atoms with van der Waals surface area (Å²) in [6.45, 7) is 0. The molecule has 1 atom stereocenters. The average molecular weight is 289 g/mol. The van der Waals surface area contributed by atoms with Crippen LogP contribution >= 0.6 is 0 Å². The first kappa shape index (κ1) is 13.6. The molecule has 1 heterocycles. The molecule has 1 aliphatic rings. The number of aromatic nitrogens is 2. The van der Waals surface area contributed by atoms with E-state index in [1.165, 1.54) is 13.2 Å². The van der Waals surface area contributed by atoms with Crippen LogP contribution in [0, 0.1) is 5.82 Å². The molecule has 0 aliphatic heterocycles. The minimum atomic E-state index is -0.782. The van der Waals surface area contributed by atoms with Crippen molar-refractivity contribution in [1.29, 1.82) is 0 Å². The fourth-order valence-electron chi connectivity index (χ4n) is 2.30. The highest BCUT2D eigenvalue weighted by atomic mass is 19.1. The van der Waals surface area contributed by atoms with Gasteiger partial charge in [-0.25, -0.2) is 14.2 Å². The summed E-state index contributed by atoms with van der Waals surface area (Å²) in [5.74, 6) is -0.885. The second kappa shape index (κ2) is 5.55. The molecule has 1 N–H and O–H groups in total. The third-order valence-electron chi connectivity index (χ3n) is 3.54. The minimum Gasteiger partial charge on any atom is -0.467 e. The van der Waals surface area contributed by atoms with Crippen molar-refractivity contribution in [3.8, 4) is 0 Å². The zero-order chi connectivity index (χ0) is 14.8. The number of methoxy groups -OCH3 is 1. The Morgan fingerprint density at radius 3 is 2.90 bits per heavy atom. The maximum absolute atomic E-state index is 13.8. The molecule has 3 rings (SSSR count). The molecule has 21 heavy (non-hydrogen) atoms. The van der Waals surface area contributed by atoms with Gasteiger partial charge < -0.3 is 14.6 Å². The first-order valence-corrected chi connectivity index (χ1v) is 6.81. The third kappa shape index (κ3) is 2.74. The van der Waals surface area contributed by atoms with Gasteiger partial charge in [-0.05, 0) is 25.0 Å². The van der Waals surface area contributed by atoms with E-state index in [9.17, 15) is 9.18 Å². The highest BCUT2D eigenvalue weighted by Gasteiger charge is 2.31. The van der Waals surface area contributed by atoms with Crippen LogP contribution in [0.25, 0.3) is 0 Å². The van der Waals surface area contributed by atoms with E-state index in [-0.39, 0.29) is 5.69 Å². The third-order valence-corrected chi connectivity index (χ3v) is 3.54. The predicted molar refractivity (Wildman–Crippen MR) is 75.3 cm³/mol. The molecule has 1 fully saturated rings. The van der Waals surface area contributed by atoms with Crippen molar-refractivity contribution in [1.82, 2.24) is 9.55 Å². The van der Waals surface area contributed by atoms with Crippen molar-refractivity contribution in [2.75, 3.05) is 12.4 Å². The van der Waals surface area contributed by atoms with Gasteiger partial charge in [0.2, 0.25) is 0 Å². The number of esters is 1. The van der Waals surface area contributed by atoms with Crippen LogP contribution in [-0.2, 0) is 9.53 Å². The van der Waals surface area contributed by atoms with Crippen molar-refractivity contribution in [3.63, 3.8) is 0 Å². The van der Waals surface area contributed by atoms with Crippen LogP contribution in [0.4, 0.5) is 10.1 Å². The first-order valence-electron chi connectivity index (χ1n) is 6.81. The number of para-hydroxylation sites is 1. The number of anilines is 1. The van der Waals surface area contributed by atoms with E-state index < -0.39 is 17.8 Å². The number of nitrogens with zero attached hydrogens (tertiary/aromatic N) is 2. The molecule has 1 aromatic heterocycles. The van der Waals surface area contributed by atoms with Crippen LogP contribution in [0.1, 0.15) is 30.6 Å². The lowest BCUT2D eigenvalue weighted by Gasteiger charge is -2.19. The van der Waals surface area contributed by atoms with Crippen LogP contribution in [-0.4, -0.2) is 22.6 Å². The maximum Gasteiger partial charge on any atom is 0.334 e. The molecular weight excluding hydrogens is 273 g/mol. The van der Waals surface area contributed by atoms with E-state index in [4.69, 9.17) is 4.74 Å². The normalized spacial score (nSPS) is 15.5. The monoisotopic (exact) mass is 289 g/mol. The van der Waals surface area contributed by atoms with E-state index >= 15 is 0 Å². The molecule has 5 nitrogen and oxygen atoms in total. The summed E-state index contributed by atoms with van der Waals surface area (Å²) in [5, 5.41) is 2.91. The van der Waals surface area contributed by atoms with Gasteiger partial charge >= 0.3 is 5.97 Å². The first-order chi connectivity index (χ1) is 10.2. The number of benzene rings is 1. The minimum absolute atomic E-state index is 0.261. The standard InChI is InChI=1S/C15H16FN3O2/c1-21-15(20)14(18-12-5-3-2-4-11(12)16)13-8-17-9-19(13)10-6-7-10/h2-5,8-10,14,18H,6-7H2,1H3. The van der Waals surface area contributed by atoms with Gasteiger partial charge in [0.25, 0.3) is 0 Å². The summed E-state index contributed by atoms with van der Waals surface area (Å²) < 4.78 is 20.6. The lowest BCUT2D eigenvalue weighted by atomic mass is 10.2. The molecule has 0 spiro atoms. The van der Waals surface area contributed by atoms with E-state index in [1.54, 1.807) is 30.7 Å². The quantitative estimate of drug-likeness (QED) is 0.860. The second-order valence-corrected chi connectivity index (χ2v) is 5.04. The van der Waals surface area contributed by atoms with Crippen LogP contribution < -0.4 is 5.32 Å². The molecular formula is C15H16FN3O2. The molecule has 1 unspecified atom stereocenters. The number of carbonyl (C=O) groups is 1. The number of carbonyl (C=O) groups excluding carboxylic acids is 1. The summed E-state index contributed by atoms with van der Waals surface area (Å²) in [6.07, 6.45) is 5.45. The van der Waals surface area contributed by atoms with Gasteiger partial charge in [-0.2, -0.15) is 0 Å². The largest absolute Gasteiger partial charge is 0.467 e. The molecule has 2 aromatic rings. The molecule has 0 radical (unpaired) electrons. The lowest BCUT2D eigenvalue weighted by Crippen LogP contribution is -2.25. The van der Waals surface area contributed by atoms with Crippen LogP contribution in [0.3, 0.4) is 0 Å². The number of hydrogen-bond acceptors (Lipinski definition) is 4. The summed E-state index contributed by atoms with van der Waals surface area (Å²) in [7, 11) is 1.32. The van der Waals surface area contributed by atoms with Gasteiger partial charge in [-0.3, -0.25) is 0 Å². The number of imidazole rings is 1. The maximum atomic E-state index is 13.8. The average Bonchev–Trinajstić information content (AvgIpc) is 3.23. The second-order valence-electron chi connectivity index (χ2n) is 5.04. The Bertz CT molecular complexity index is 652. The highest BCUT2D eigenvalue weighted by molar-refractivity contribution is 5.80. The van der Waals surface area contributed by atoms with Crippen molar-refractivity contribution < 1.29 is 13.9 Å². The van der Waals surface area contributed by atoms with Gasteiger partial charge in [0, 0.05) is 6.04 Å². The Kier molecular flexibility index (Phi) is 3.60. The number of rotatable bonds is 5. The van der Waals surface area contributed by atoms with Crippen molar-refractivity contribution in [3.05, 3.63) is 48.3 Å². The van der Waals surface area contributed by atoms with E-state index in [0.29, 0.717) is 11.7 Å². The summed E-state index contributed by atoms with van der Waals surface area (Å²) in [5.41, 5.74) is 0.948. The highest BCUT2D eigenvalue weighted by Crippen LogP contribution is 2.37. The van der Waals surface area contributed by atoms with E-state index in [1.807, 2.05) is 4.57 Å². The molecule has 0 bridgehead atoms. The van der Waals surface area contributed by atoms with Crippen molar-refractivity contribution in [2.24, 2.45) is 0 Å². The summed E-state index contributed by atoms with van der Waals surface area (Å²) in [6, 6.07) is 5.82. The number of ether oxygens (including phenoxy) is 1. The van der Waals surface area contributed by atoms with E-state index in [2.05, 4.69) is 10.3 Å². The fraction of sp³-hybridized carbons (Fsp3) is 0.333. The predicted octanol–water partition coefficient (Wildman–Crippen LogP) is 2.68. The Hall–Kier alpha value is -2.37. The molecule has 110 valence electrons. The molecule has 0 saturated heterocycles. The number of halogens is 1. The smallest absolute Gasteiger partial charge is 0.334 e. The topological polar surface area (TPSA) is 56.1 Å². The lowest BCUT2D eigenvalue weighted by molar-refractivity contribution is -0.141. The zero-order valence-corrected chi connectivity index (χ0v) is 11.6. The van der Waals surface area contributed by atoms with Gasteiger partial charge in [-0.15, -0.1) is 0 Å². The van der Waals surface area contributed by atoms with Crippen LogP contribution in [0.5, 0.6) is 0 Å². The number of hydrogen-bond donors (Lipinski definition) is 1. The Balaban J connectivity index is 1.93. The Morgan fingerprint density at radius 2 is 2.24 bits per heavy atom. The molecule has 1 saturated carbocycles. The Morgan fingerprint density at radius 1 is 1.48 bits per heavy atom. The van der Waals surface area contributed by atoms with Gasteiger partial charge in [-0.1, -0.05) is 12.1 Å². The van der Waals surface area contributed by atoms with Gasteiger partial charge in [0.05, 0.1) is 31.0 Å². The summed E-state index contributed by atoms with van der Waals surface area (Å²) >= 11 is 0. The summed E-state index contributed by atoms with van der Waals surface area (Å²) in [4.78, 5) is 16.2. The molecule has 6 heteroatoms. The number of nitrogens with one attached hydrogen (secondary N) is 1. The Labute approximate surface area is 121 Å². The van der Waals surface area contributed by atoms with Gasteiger partial charge in [0.1, 0.15) is 5.82 Å².